The predicted octanol–water partition coefficient (Wildman–Crippen LogP) is 1.54. The molecule has 218 valence electrons. The minimum absolute atomic E-state index is 0.257. The van der Waals surface area contributed by atoms with E-state index in [0.717, 1.165) is 25.7 Å². The summed E-state index contributed by atoms with van der Waals surface area (Å²) in [5.74, 6) is -4.72. The van der Waals surface area contributed by atoms with Crippen LogP contribution in [0.1, 0.15) is 58.8 Å². The van der Waals surface area contributed by atoms with Gasteiger partial charge in [0, 0.05) is 0 Å². The molecule has 0 amide bonds. The Kier molecular flexibility index (Phi) is 6.94. The second-order valence-corrected chi connectivity index (χ2v) is 12.6. The van der Waals surface area contributed by atoms with Crippen LogP contribution in [0.2, 0.25) is 0 Å². The van der Waals surface area contributed by atoms with Crippen LogP contribution in [0.5, 0.6) is 0 Å². The van der Waals surface area contributed by atoms with E-state index in [1.165, 1.54) is 0 Å². The number of rotatable bonds is 10. The Hall–Kier alpha value is -2.39. The minimum atomic E-state index is -5.83. The van der Waals surface area contributed by atoms with Crippen LogP contribution in [0.3, 0.4) is 0 Å². The van der Waals surface area contributed by atoms with E-state index in [9.17, 15) is 36.4 Å². The largest absolute Gasteiger partial charge is 0.458 e. The molecule has 15 heteroatoms. The van der Waals surface area contributed by atoms with Crippen LogP contribution < -0.4 is 0 Å². The fourth-order valence-corrected chi connectivity index (χ4v) is 7.45. The molecule has 3 saturated heterocycles. The SMILES string of the molecule is CCC1(OC(=O)C2C3OC4C(OC(=O)C42)C3OC(=O)CCC(=O)OC(C)C(F)(F)S(=O)(=O)O)CC2CCC1C2. The van der Waals surface area contributed by atoms with Crippen molar-refractivity contribution in [3.8, 4) is 0 Å². The zero-order chi connectivity index (χ0) is 28.5. The van der Waals surface area contributed by atoms with Crippen LogP contribution >= 0.6 is 0 Å². The highest BCUT2D eigenvalue weighted by Gasteiger charge is 2.72. The number of ether oxygens (including phenoxy) is 5. The maximum atomic E-state index is 13.6. The molecule has 0 spiro atoms. The van der Waals surface area contributed by atoms with Gasteiger partial charge in [0.1, 0.15) is 29.6 Å². The van der Waals surface area contributed by atoms with Gasteiger partial charge in [-0.25, -0.2) is 0 Å². The Morgan fingerprint density at radius 3 is 2.44 bits per heavy atom. The number of carbonyl (C=O) groups is 4. The van der Waals surface area contributed by atoms with Crippen molar-refractivity contribution >= 4 is 34.0 Å². The lowest BCUT2D eigenvalue weighted by atomic mass is 9.77. The van der Waals surface area contributed by atoms with Gasteiger partial charge in [0.05, 0.1) is 12.8 Å². The normalized spacial score (nSPS) is 38.9. The quantitative estimate of drug-likeness (QED) is 0.225. The van der Waals surface area contributed by atoms with Gasteiger partial charge in [-0.3, -0.25) is 23.7 Å². The smallest absolute Gasteiger partial charge is 0.405 e. The number of hydrogen-bond acceptors (Lipinski definition) is 11. The summed E-state index contributed by atoms with van der Waals surface area (Å²) < 4.78 is 84.3. The second-order valence-electron chi connectivity index (χ2n) is 11.1. The third-order valence-electron chi connectivity index (χ3n) is 8.92. The van der Waals surface area contributed by atoms with E-state index in [1.807, 2.05) is 6.92 Å². The Bertz CT molecular complexity index is 1170. The second kappa shape index (κ2) is 9.61. The van der Waals surface area contributed by atoms with Crippen molar-refractivity contribution < 1.29 is 64.6 Å². The van der Waals surface area contributed by atoms with Gasteiger partial charge in [-0.05, 0) is 50.9 Å². The zero-order valence-corrected chi connectivity index (χ0v) is 22.1. The third-order valence-corrected chi connectivity index (χ3v) is 9.94. The van der Waals surface area contributed by atoms with Gasteiger partial charge >= 0.3 is 39.2 Å². The predicted molar refractivity (Wildman–Crippen MR) is 121 cm³/mol. The summed E-state index contributed by atoms with van der Waals surface area (Å²) in [6.45, 7) is 2.53. The first-order valence-electron chi connectivity index (χ1n) is 13.0. The molecule has 10 unspecified atom stereocenters. The molecule has 2 aliphatic carbocycles. The van der Waals surface area contributed by atoms with Crippen molar-refractivity contribution in [1.29, 1.82) is 0 Å². The van der Waals surface area contributed by atoms with E-state index < -0.39 is 100 Å². The molecule has 39 heavy (non-hydrogen) atoms. The fourth-order valence-electron chi connectivity index (χ4n) is 6.98. The number of carbonyl (C=O) groups excluding carboxylic acids is 4. The number of hydrogen-bond donors (Lipinski definition) is 1. The van der Waals surface area contributed by atoms with E-state index in [1.54, 1.807) is 0 Å². The highest BCUT2D eigenvalue weighted by Crippen LogP contribution is 2.56. The summed E-state index contributed by atoms with van der Waals surface area (Å²) in [6.07, 6.45) is -3.30. The number of alkyl halides is 2. The van der Waals surface area contributed by atoms with Crippen LogP contribution in [-0.4, -0.2) is 78.2 Å². The lowest BCUT2D eigenvalue weighted by Crippen LogP contribution is -2.50. The molecule has 5 fully saturated rings. The number of fused-ring (bicyclic) bond motifs is 3. The van der Waals surface area contributed by atoms with Gasteiger partial charge in [0.15, 0.2) is 18.3 Å². The average molecular weight is 581 g/mol. The van der Waals surface area contributed by atoms with Gasteiger partial charge < -0.3 is 23.7 Å². The molecule has 2 saturated carbocycles. The number of esters is 4. The average Bonchev–Trinajstić information content (AvgIpc) is 3.64. The first-order valence-corrected chi connectivity index (χ1v) is 14.4. The van der Waals surface area contributed by atoms with E-state index in [2.05, 4.69) is 4.74 Å². The van der Waals surface area contributed by atoms with Gasteiger partial charge in [0.2, 0.25) is 0 Å². The fraction of sp³-hybridized carbons (Fsp3) is 0.833. The Balaban J connectivity index is 1.20. The Morgan fingerprint density at radius 2 is 1.85 bits per heavy atom. The van der Waals surface area contributed by atoms with Crippen molar-refractivity contribution in [1.82, 2.24) is 0 Å². The molecule has 0 aromatic rings. The van der Waals surface area contributed by atoms with E-state index in [-0.39, 0.29) is 5.92 Å². The summed E-state index contributed by atoms with van der Waals surface area (Å²) in [6, 6.07) is 0. The standard InChI is InChI=1S/C24H30F2O12S/c1-3-23(9-11-4-5-12(23)8-11)38-22(30)16-15-17-20(37-21(15)29)19(18(16)36-17)35-14(28)7-6-13(27)34-10(2)24(25,26)39(31,32)33/h10-12,15-20H,3-9H2,1-2H3,(H,31,32,33). The van der Waals surface area contributed by atoms with Gasteiger partial charge in [-0.2, -0.15) is 17.2 Å². The molecule has 1 N–H and O–H groups in total. The summed E-state index contributed by atoms with van der Waals surface area (Å²) >= 11 is 0. The molecule has 5 rings (SSSR count). The highest BCUT2D eigenvalue weighted by molar-refractivity contribution is 7.86. The molecule has 10 atom stereocenters. The molecule has 5 aliphatic rings. The minimum Gasteiger partial charge on any atom is -0.458 e. The van der Waals surface area contributed by atoms with Crippen LogP contribution in [0, 0.1) is 23.7 Å². The molecule has 0 radical (unpaired) electrons. The van der Waals surface area contributed by atoms with Crippen molar-refractivity contribution in [2.24, 2.45) is 23.7 Å². The molecule has 0 aromatic heterocycles. The molecular formula is C24H30F2O12S. The molecule has 3 heterocycles. The topological polar surface area (TPSA) is 169 Å². The number of halogens is 2. The molecular weight excluding hydrogens is 550 g/mol. The van der Waals surface area contributed by atoms with Crippen molar-refractivity contribution in [3.05, 3.63) is 0 Å². The van der Waals surface area contributed by atoms with Crippen molar-refractivity contribution in [2.75, 3.05) is 0 Å². The molecule has 4 bridgehead atoms. The first kappa shape index (κ1) is 28.1. The van der Waals surface area contributed by atoms with Crippen LogP contribution in [0.25, 0.3) is 0 Å². The summed E-state index contributed by atoms with van der Waals surface area (Å²) in [4.78, 5) is 50.4. The van der Waals surface area contributed by atoms with E-state index >= 15 is 0 Å². The van der Waals surface area contributed by atoms with Crippen LogP contribution in [0.15, 0.2) is 0 Å². The summed E-state index contributed by atoms with van der Waals surface area (Å²) in [7, 11) is -5.83. The van der Waals surface area contributed by atoms with Crippen LogP contribution in [0.4, 0.5) is 8.78 Å². The van der Waals surface area contributed by atoms with Gasteiger partial charge in [-0.15, -0.1) is 0 Å². The highest BCUT2D eigenvalue weighted by atomic mass is 32.2. The molecule has 0 aromatic carbocycles. The van der Waals surface area contributed by atoms with E-state index in [0.29, 0.717) is 19.3 Å². The van der Waals surface area contributed by atoms with Crippen molar-refractivity contribution in [3.63, 3.8) is 0 Å². The Morgan fingerprint density at radius 1 is 1.15 bits per heavy atom. The zero-order valence-electron chi connectivity index (χ0n) is 21.2. The molecule has 12 nitrogen and oxygen atoms in total. The first-order chi connectivity index (χ1) is 18.2. The summed E-state index contributed by atoms with van der Waals surface area (Å²) in [5.41, 5.74) is -0.598. The lowest BCUT2D eigenvalue weighted by Gasteiger charge is -2.38. The van der Waals surface area contributed by atoms with Gasteiger partial charge in [0.25, 0.3) is 0 Å². The Labute approximate surface area is 222 Å². The van der Waals surface area contributed by atoms with E-state index in [4.69, 9.17) is 23.5 Å². The van der Waals surface area contributed by atoms with Crippen LogP contribution in [-0.2, 0) is 53.0 Å². The monoisotopic (exact) mass is 580 g/mol. The lowest BCUT2D eigenvalue weighted by molar-refractivity contribution is -0.179. The maximum absolute atomic E-state index is 13.6. The van der Waals surface area contributed by atoms with Crippen molar-refractivity contribution in [2.45, 2.75) is 100 Å². The maximum Gasteiger partial charge on any atom is 0.405 e. The third kappa shape index (κ3) is 4.59. The summed E-state index contributed by atoms with van der Waals surface area (Å²) in [5, 5.41) is -4.75. The molecule has 3 aliphatic heterocycles. The van der Waals surface area contributed by atoms with Gasteiger partial charge in [-0.1, -0.05) is 6.92 Å².